The van der Waals surface area contributed by atoms with Crippen LogP contribution in [0.4, 0.5) is 0 Å². The fraction of sp³-hybridized carbons (Fsp3) is 0.333. The summed E-state index contributed by atoms with van der Waals surface area (Å²) in [5.74, 6) is 0. The third-order valence-electron chi connectivity index (χ3n) is 0. The van der Waals surface area contributed by atoms with Crippen LogP contribution < -0.4 is 5.73 Å². The van der Waals surface area contributed by atoms with Crippen molar-refractivity contribution in [3.05, 3.63) is 29.7 Å². The van der Waals surface area contributed by atoms with E-state index in [2.05, 4.69) is 0 Å². The zero-order chi connectivity index (χ0) is 2.71. The van der Waals surface area contributed by atoms with E-state index in [1.165, 1.54) is 0 Å². The summed E-state index contributed by atoms with van der Waals surface area (Å²) in [5, 5.41) is 0. The van der Waals surface area contributed by atoms with Gasteiger partial charge in [0, 0.05) is 0 Å². The molecular weight excluding hydrogens is 134 g/mol. The van der Waals surface area contributed by atoms with Crippen LogP contribution >= 0.6 is 0 Å². The van der Waals surface area contributed by atoms with Gasteiger partial charge in [-0.05, 0) is 6.54 Å². The SMILES string of the molecule is CCN.[CH3-].[CH3-].[CH3-].[CH3-].[Ti+4]. The van der Waals surface area contributed by atoms with Crippen LogP contribution in [0.2, 0.25) is 0 Å². The molecule has 0 saturated heterocycles. The van der Waals surface area contributed by atoms with Crippen LogP contribution in [0.15, 0.2) is 0 Å². The van der Waals surface area contributed by atoms with Crippen molar-refractivity contribution in [3.63, 3.8) is 0 Å². The molecule has 0 saturated carbocycles. The van der Waals surface area contributed by atoms with Crippen LogP contribution in [0.1, 0.15) is 6.92 Å². The normalized spacial score (nSPS) is 2.25. The molecule has 0 aromatic rings. The summed E-state index contributed by atoms with van der Waals surface area (Å²) >= 11 is 0. The molecule has 8 heavy (non-hydrogen) atoms. The van der Waals surface area contributed by atoms with Crippen LogP contribution in [0.3, 0.4) is 0 Å². The maximum absolute atomic E-state index is 4.85. The molecule has 2 heteroatoms. The molecular formula is C6H19NTi. The molecule has 0 bridgehead atoms. The zero-order valence-corrected chi connectivity index (χ0v) is 8.35. The molecule has 0 heterocycles. The minimum absolute atomic E-state index is 0. The number of hydrogen-bond donors (Lipinski definition) is 1. The quantitative estimate of drug-likeness (QED) is 0.416. The van der Waals surface area contributed by atoms with Crippen LogP contribution in [-0.4, -0.2) is 6.54 Å². The predicted octanol–water partition coefficient (Wildman–Crippen LogP) is 1.76. The van der Waals surface area contributed by atoms with E-state index in [-0.39, 0.29) is 51.4 Å². The zero-order valence-electron chi connectivity index (χ0n) is 6.78. The van der Waals surface area contributed by atoms with Gasteiger partial charge >= 0.3 is 21.7 Å². The molecule has 0 aliphatic rings. The Bertz CT molecular complexity index is 8.49. The summed E-state index contributed by atoms with van der Waals surface area (Å²) in [7, 11) is 0. The standard InChI is InChI=1S/C2H7N.4CH3.Ti/c1-2-3;;;;;/h2-3H2,1H3;4*1H3;/q;4*-1;+4. The van der Waals surface area contributed by atoms with Crippen molar-refractivity contribution in [3.8, 4) is 0 Å². The maximum atomic E-state index is 4.85. The van der Waals surface area contributed by atoms with E-state index in [9.17, 15) is 0 Å². The van der Waals surface area contributed by atoms with Crippen molar-refractivity contribution < 1.29 is 21.7 Å². The van der Waals surface area contributed by atoms with Gasteiger partial charge in [-0.25, -0.2) is 0 Å². The summed E-state index contributed by atoms with van der Waals surface area (Å²) in [6.07, 6.45) is 0. The van der Waals surface area contributed by atoms with Gasteiger partial charge in [-0.15, -0.1) is 0 Å². The average Bonchev–Trinajstić information content (AvgIpc) is 0.918. The first-order valence-corrected chi connectivity index (χ1v) is 1.12. The van der Waals surface area contributed by atoms with Gasteiger partial charge in [-0.3, -0.25) is 0 Å². The first kappa shape index (κ1) is 71.4. The molecule has 0 atom stereocenters. The molecule has 0 rings (SSSR count). The molecule has 0 aliphatic heterocycles. The van der Waals surface area contributed by atoms with Crippen LogP contribution in [0.5, 0.6) is 0 Å². The van der Waals surface area contributed by atoms with E-state index in [4.69, 9.17) is 5.73 Å². The molecule has 1 nitrogen and oxygen atoms in total. The fourth-order valence-corrected chi connectivity index (χ4v) is 0. The summed E-state index contributed by atoms with van der Waals surface area (Å²) in [5.41, 5.74) is 4.85. The fourth-order valence-electron chi connectivity index (χ4n) is 0. The molecule has 0 radical (unpaired) electrons. The molecule has 0 amide bonds. The first-order chi connectivity index (χ1) is 1.41. The Morgan fingerprint density at radius 2 is 1.00 bits per heavy atom. The van der Waals surface area contributed by atoms with E-state index >= 15 is 0 Å². The van der Waals surface area contributed by atoms with Crippen molar-refractivity contribution in [1.29, 1.82) is 0 Å². The molecule has 2 N–H and O–H groups in total. The largest absolute Gasteiger partial charge is 4.00 e. The second-order valence-corrected chi connectivity index (χ2v) is 0.408. The van der Waals surface area contributed by atoms with Gasteiger partial charge in [0.05, 0.1) is 0 Å². The van der Waals surface area contributed by atoms with E-state index in [1.54, 1.807) is 0 Å². The van der Waals surface area contributed by atoms with Gasteiger partial charge in [-0.2, -0.15) is 0 Å². The minimum atomic E-state index is 0. The molecule has 0 unspecified atom stereocenters. The Morgan fingerprint density at radius 3 is 1.00 bits per heavy atom. The number of nitrogens with two attached hydrogens (primary N) is 1. The molecule has 52 valence electrons. The topological polar surface area (TPSA) is 26.0 Å². The van der Waals surface area contributed by atoms with Gasteiger partial charge in [-0.1, -0.05) is 6.92 Å². The van der Waals surface area contributed by atoms with Gasteiger partial charge in [0.1, 0.15) is 0 Å². The average molecular weight is 153 g/mol. The summed E-state index contributed by atoms with van der Waals surface area (Å²) in [6.45, 7) is 2.65. The van der Waals surface area contributed by atoms with Crippen LogP contribution in [0.25, 0.3) is 0 Å². The van der Waals surface area contributed by atoms with Gasteiger partial charge in [0.15, 0.2) is 0 Å². The monoisotopic (exact) mass is 153 g/mol. The van der Waals surface area contributed by atoms with Crippen molar-refractivity contribution in [2.24, 2.45) is 5.73 Å². The molecule has 0 aromatic carbocycles. The van der Waals surface area contributed by atoms with E-state index in [0.717, 1.165) is 6.54 Å². The number of hydrogen-bond acceptors (Lipinski definition) is 1. The minimum Gasteiger partial charge on any atom is -0.358 e. The summed E-state index contributed by atoms with van der Waals surface area (Å²) in [6, 6.07) is 0. The van der Waals surface area contributed by atoms with Crippen LogP contribution in [0, 0.1) is 29.7 Å². The third-order valence-corrected chi connectivity index (χ3v) is 0. The summed E-state index contributed by atoms with van der Waals surface area (Å²) < 4.78 is 0. The Balaban J connectivity index is -0.00000000200. The first-order valence-electron chi connectivity index (χ1n) is 1.12. The molecule has 0 spiro atoms. The second kappa shape index (κ2) is 122. The Labute approximate surface area is 70.9 Å². The van der Waals surface area contributed by atoms with Crippen molar-refractivity contribution >= 4 is 0 Å². The van der Waals surface area contributed by atoms with Gasteiger partial charge < -0.3 is 35.4 Å². The third kappa shape index (κ3) is 473. The Morgan fingerprint density at radius 1 is 1.00 bits per heavy atom. The predicted molar refractivity (Wildman–Crippen MR) is 40.4 cm³/mol. The van der Waals surface area contributed by atoms with Crippen molar-refractivity contribution in [1.82, 2.24) is 0 Å². The smallest absolute Gasteiger partial charge is 0.358 e. The van der Waals surface area contributed by atoms with E-state index in [0.29, 0.717) is 0 Å². The Kier molecular flexibility index (Phi) is 1090. The Hall–Kier alpha value is 0.674. The molecule has 0 aliphatic carbocycles. The van der Waals surface area contributed by atoms with Crippen LogP contribution in [-0.2, 0) is 21.7 Å². The van der Waals surface area contributed by atoms with Gasteiger partial charge in [0.25, 0.3) is 0 Å². The van der Waals surface area contributed by atoms with Gasteiger partial charge in [0.2, 0.25) is 0 Å². The van der Waals surface area contributed by atoms with E-state index < -0.39 is 0 Å². The van der Waals surface area contributed by atoms with Crippen molar-refractivity contribution in [2.75, 3.05) is 6.54 Å². The van der Waals surface area contributed by atoms with E-state index in [1.807, 2.05) is 6.92 Å². The van der Waals surface area contributed by atoms with Crippen molar-refractivity contribution in [2.45, 2.75) is 6.92 Å². The maximum Gasteiger partial charge on any atom is 4.00 e. The number of rotatable bonds is 0. The summed E-state index contributed by atoms with van der Waals surface area (Å²) in [4.78, 5) is 0. The molecule has 0 aromatic heterocycles. The molecule has 0 fully saturated rings. The second-order valence-electron chi connectivity index (χ2n) is 0.408.